The highest BCUT2D eigenvalue weighted by atomic mass is 16.7. The summed E-state index contributed by atoms with van der Waals surface area (Å²) in [7, 11) is 1.16. The van der Waals surface area contributed by atoms with Crippen molar-refractivity contribution >= 4 is 23.9 Å². The molecule has 0 spiro atoms. The number of ether oxygens (including phenoxy) is 6. The highest BCUT2D eigenvalue weighted by Crippen LogP contribution is 2.66. The van der Waals surface area contributed by atoms with Crippen LogP contribution in [-0.2, 0) is 47.6 Å². The lowest BCUT2D eigenvalue weighted by Gasteiger charge is -2.46. The van der Waals surface area contributed by atoms with E-state index >= 15 is 0 Å². The van der Waals surface area contributed by atoms with Gasteiger partial charge in [-0.2, -0.15) is 0 Å². The van der Waals surface area contributed by atoms with Crippen LogP contribution in [0.2, 0.25) is 0 Å². The Morgan fingerprint density at radius 1 is 0.848 bits per heavy atom. The first-order chi connectivity index (χ1) is 15.3. The number of hydrogen-bond acceptors (Lipinski definition) is 10. The first-order valence-electron chi connectivity index (χ1n) is 11.2. The maximum Gasteiger partial charge on any atom is 0.339 e. The number of carbonyl (C=O) groups is 4. The lowest BCUT2D eigenvalue weighted by molar-refractivity contribution is -0.317. The summed E-state index contributed by atoms with van der Waals surface area (Å²) in [5.74, 6) is -2.51. The Morgan fingerprint density at radius 3 is 1.85 bits per heavy atom. The molecule has 0 aromatic rings. The second kappa shape index (κ2) is 9.21. The molecule has 0 unspecified atom stereocenters. The molecule has 2 aliphatic carbocycles. The van der Waals surface area contributed by atoms with Gasteiger partial charge < -0.3 is 28.4 Å². The van der Waals surface area contributed by atoms with Gasteiger partial charge in [0.2, 0.25) is 0 Å². The Hall–Kier alpha value is -2.20. The number of carbonyl (C=O) groups excluding carboxylic acids is 4. The Kier molecular flexibility index (Phi) is 7.10. The van der Waals surface area contributed by atoms with Crippen LogP contribution < -0.4 is 0 Å². The SMILES string of the molecule is COC(=O)[C@H]1O[C@H](O[C@H]2C[C@H]3CC[C@]2(C)C3(C)C)[C@H](OC(C)=O)[C@@H](OC(C)=O)[C@@H]1OC(C)=O. The van der Waals surface area contributed by atoms with Crippen molar-refractivity contribution in [1.82, 2.24) is 0 Å². The Balaban J connectivity index is 1.98. The average Bonchev–Trinajstić information content (AvgIpc) is 3.04. The summed E-state index contributed by atoms with van der Waals surface area (Å²) in [5.41, 5.74) is -0.132. The van der Waals surface area contributed by atoms with E-state index in [1.165, 1.54) is 6.92 Å². The molecule has 0 radical (unpaired) electrons. The van der Waals surface area contributed by atoms with Gasteiger partial charge in [-0.05, 0) is 36.0 Å². The van der Waals surface area contributed by atoms with Gasteiger partial charge in [0.15, 0.2) is 30.7 Å². The predicted molar refractivity (Wildman–Crippen MR) is 111 cm³/mol. The maximum atomic E-state index is 12.6. The molecular weight excluding hydrogens is 436 g/mol. The molecule has 3 fully saturated rings. The number of hydrogen-bond donors (Lipinski definition) is 0. The summed E-state index contributed by atoms with van der Waals surface area (Å²) >= 11 is 0. The molecule has 0 aromatic carbocycles. The van der Waals surface area contributed by atoms with Crippen molar-refractivity contribution in [2.24, 2.45) is 16.7 Å². The van der Waals surface area contributed by atoms with Crippen molar-refractivity contribution in [2.75, 3.05) is 7.11 Å². The number of esters is 4. The van der Waals surface area contributed by atoms with Crippen LogP contribution in [0.5, 0.6) is 0 Å². The van der Waals surface area contributed by atoms with Crippen LogP contribution in [-0.4, -0.2) is 67.8 Å². The van der Waals surface area contributed by atoms with Crippen LogP contribution in [0.3, 0.4) is 0 Å². The van der Waals surface area contributed by atoms with Gasteiger partial charge in [-0.3, -0.25) is 14.4 Å². The smallest absolute Gasteiger partial charge is 0.339 e. The summed E-state index contributed by atoms with van der Waals surface area (Å²) < 4.78 is 33.3. The first kappa shape index (κ1) is 25.4. The summed E-state index contributed by atoms with van der Waals surface area (Å²) in [4.78, 5) is 48.2. The molecule has 10 nitrogen and oxygen atoms in total. The van der Waals surface area contributed by atoms with Gasteiger partial charge in [0.05, 0.1) is 13.2 Å². The topological polar surface area (TPSA) is 124 Å². The Morgan fingerprint density at radius 2 is 1.39 bits per heavy atom. The molecule has 1 saturated heterocycles. The van der Waals surface area contributed by atoms with Crippen LogP contribution >= 0.6 is 0 Å². The third-order valence-electron chi connectivity index (χ3n) is 7.85. The fraction of sp³-hybridized carbons (Fsp3) is 0.826. The van der Waals surface area contributed by atoms with Crippen LogP contribution in [0, 0.1) is 16.7 Å². The molecule has 8 atom stereocenters. The zero-order chi connectivity index (χ0) is 24.7. The standard InChI is InChI=1S/C23H34O10/c1-11(24)29-16-17(30-12(2)25)19(31-13(3)26)21(33-18(16)20(27)28-7)32-15-10-14-8-9-23(15,6)22(14,4)5/h14-19,21H,8-10H2,1-7H3/t14-,15+,16+,17+,18+,19-,21+,23+/m1/s1. The minimum absolute atomic E-state index is 0.0283. The summed E-state index contributed by atoms with van der Waals surface area (Å²) in [5, 5.41) is 0. The van der Waals surface area contributed by atoms with Gasteiger partial charge in [0, 0.05) is 20.8 Å². The van der Waals surface area contributed by atoms with E-state index in [1.807, 2.05) is 0 Å². The van der Waals surface area contributed by atoms with E-state index in [0.717, 1.165) is 40.2 Å². The molecule has 10 heteroatoms. The van der Waals surface area contributed by atoms with Gasteiger partial charge >= 0.3 is 23.9 Å². The zero-order valence-electron chi connectivity index (χ0n) is 20.2. The molecule has 186 valence electrons. The van der Waals surface area contributed by atoms with Crippen molar-refractivity contribution in [1.29, 1.82) is 0 Å². The molecule has 3 aliphatic rings. The van der Waals surface area contributed by atoms with E-state index in [2.05, 4.69) is 20.8 Å². The molecule has 1 aliphatic heterocycles. The monoisotopic (exact) mass is 470 g/mol. The second-order valence-electron chi connectivity index (χ2n) is 9.91. The normalized spacial score (nSPS) is 38.9. The molecule has 3 rings (SSSR count). The zero-order valence-corrected chi connectivity index (χ0v) is 20.2. The van der Waals surface area contributed by atoms with Gasteiger partial charge in [-0.25, -0.2) is 4.79 Å². The van der Waals surface area contributed by atoms with Crippen molar-refractivity contribution in [2.45, 2.75) is 97.6 Å². The predicted octanol–water partition coefficient (Wildman–Crippen LogP) is 1.91. The Labute approximate surface area is 193 Å². The van der Waals surface area contributed by atoms with Crippen LogP contribution in [0.4, 0.5) is 0 Å². The Bertz CT molecular complexity index is 807. The van der Waals surface area contributed by atoms with Crippen molar-refractivity contribution in [3.8, 4) is 0 Å². The van der Waals surface area contributed by atoms with E-state index in [9.17, 15) is 19.2 Å². The maximum absolute atomic E-state index is 12.6. The highest BCUT2D eigenvalue weighted by Gasteiger charge is 2.64. The van der Waals surface area contributed by atoms with Gasteiger partial charge in [-0.15, -0.1) is 0 Å². The fourth-order valence-corrected chi connectivity index (χ4v) is 5.69. The molecule has 0 N–H and O–H groups in total. The second-order valence-corrected chi connectivity index (χ2v) is 9.91. The number of fused-ring (bicyclic) bond motifs is 2. The quantitative estimate of drug-likeness (QED) is 0.420. The molecule has 2 bridgehead atoms. The molecule has 0 amide bonds. The van der Waals surface area contributed by atoms with E-state index in [4.69, 9.17) is 28.4 Å². The molecule has 33 heavy (non-hydrogen) atoms. The average molecular weight is 471 g/mol. The summed E-state index contributed by atoms with van der Waals surface area (Å²) in [6, 6.07) is 0. The molecule has 1 heterocycles. The fourth-order valence-electron chi connectivity index (χ4n) is 5.69. The van der Waals surface area contributed by atoms with Crippen LogP contribution in [0.1, 0.15) is 60.8 Å². The van der Waals surface area contributed by atoms with E-state index in [-0.39, 0.29) is 16.9 Å². The molecule has 0 aromatic heterocycles. The van der Waals surface area contributed by atoms with Gasteiger partial charge in [0.25, 0.3) is 0 Å². The third-order valence-corrected chi connectivity index (χ3v) is 7.85. The number of rotatable bonds is 6. The summed E-state index contributed by atoms with van der Waals surface area (Å²) in [6.45, 7) is 10.1. The lowest BCUT2D eigenvalue weighted by Crippen LogP contribution is -2.64. The van der Waals surface area contributed by atoms with E-state index < -0.39 is 54.6 Å². The van der Waals surface area contributed by atoms with Gasteiger partial charge in [0.1, 0.15) is 0 Å². The van der Waals surface area contributed by atoms with Gasteiger partial charge in [-0.1, -0.05) is 20.8 Å². The first-order valence-corrected chi connectivity index (χ1v) is 11.2. The van der Waals surface area contributed by atoms with Crippen molar-refractivity contribution < 1.29 is 47.6 Å². The largest absolute Gasteiger partial charge is 0.467 e. The van der Waals surface area contributed by atoms with Crippen molar-refractivity contribution in [3.05, 3.63) is 0 Å². The minimum atomic E-state index is -1.44. The highest BCUT2D eigenvalue weighted by molar-refractivity contribution is 5.77. The van der Waals surface area contributed by atoms with Crippen molar-refractivity contribution in [3.63, 3.8) is 0 Å². The van der Waals surface area contributed by atoms with E-state index in [1.54, 1.807) is 0 Å². The lowest BCUT2D eigenvalue weighted by atomic mass is 9.70. The number of methoxy groups -OCH3 is 1. The summed E-state index contributed by atoms with van der Waals surface area (Å²) in [6.07, 6.45) is -4.08. The van der Waals surface area contributed by atoms with Crippen LogP contribution in [0.15, 0.2) is 0 Å². The minimum Gasteiger partial charge on any atom is -0.467 e. The molecular formula is C23H34O10. The molecule has 2 saturated carbocycles. The van der Waals surface area contributed by atoms with Crippen LogP contribution in [0.25, 0.3) is 0 Å². The third kappa shape index (κ3) is 4.59. The van der Waals surface area contributed by atoms with E-state index in [0.29, 0.717) is 5.92 Å².